The Hall–Kier alpha value is -0.570. The Morgan fingerprint density at radius 3 is 2.17 bits per heavy atom. The van der Waals surface area contributed by atoms with E-state index < -0.39 is 5.97 Å². The third-order valence-corrected chi connectivity index (χ3v) is 5.43. The molecule has 1 heterocycles. The quantitative estimate of drug-likeness (QED) is 0.822. The summed E-state index contributed by atoms with van der Waals surface area (Å²) in [5.41, 5.74) is 0.349. The second-order valence-electron chi connectivity index (χ2n) is 7.71. The highest BCUT2D eigenvalue weighted by Crippen LogP contribution is 2.48. The Morgan fingerprint density at radius 2 is 1.72 bits per heavy atom. The molecule has 3 unspecified atom stereocenters. The lowest BCUT2D eigenvalue weighted by Gasteiger charge is -2.56. The average Bonchev–Trinajstić information content (AvgIpc) is 2.17. The van der Waals surface area contributed by atoms with E-state index in [1.54, 1.807) is 0 Å². The monoisotopic (exact) mass is 253 g/mol. The van der Waals surface area contributed by atoms with Gasteiger partial charge in [0, 0.05) is 19.1 Å². The molecular weight excluding hydrogens is 226 g/mol. The Balaban J connectivity index is 2.08. The number of aliphatic carboxylic acids is 1. The molecule has 3 nitrogen and oxygen atoms in total. The first-order valence-electron chi connectivity index (χ1n) is 7.12. The Kier molecular flexibility index (Phi) is 3.25. The second-order valence-corrected chi connectivity index (χ2v) is 7.71. The predicted molar refractivity (Wildman–Crippen MR) is 72.4 cm³/mol. The van der Waals surface area contributed by atoms with Gasteiger partial charge in [0.05, 0.1) is 5.92 Å². The van der Waals surface area contributed by atoms with Crippen molar-refractivity contribution in [2.45, 2.75) is 53.5 Å². The first kappa shape index (κ1) is 13.9. The molecule has 1 saturated carbocycles. The normalized spacial score (nSPS) is 39.1. The zero-order valence-corrected chi connectivity index (χ0v) is 12.4. The smallest absolute Gasteiger partial charge is 0.307 e. The van der Waals surface area contributed by atoms with Gasteiger partial charge >= 0.3 is 5.97 Å². The van der Waals surface area contributed by atoms with E-state index in [1.165, 1.54) is 0 Å². The van der Waals surface area contributed by atoms with Crippen LogP contribution in [0.25, 0.3) is 0 Å². The van der Waals surface area contributed by atoms with Gasteiger partial charge in [-0.2, -0.15) is 0 Å². The number of carbonyl (C=O) groups is 1. The maximum Gasteiger partial charge on any atom is 0.307 e. The highest BCUT2D eigenvalue weighted by Gasteiger charge is 2.50. The fourth-order valence-electron chi connectivity index (χ4n) is 4.00. The summed E-state index contributed by atoms with van der Waals surface area (Å²) in [4.78, 5) is 13.9. The van der Waals surface area contributed by atoms with Crippen LogP contribution in [0.2, 0.25) is 0 Å². The van der Waals surface area contributed by atoms with Gasteiger partial charge in [-0.05, 0) is 29.6 Å². The fraction of sp³-hybridized carbons (Fsp3) is 0.933. The SMILES string of the molecule is CC1C(N2CC(C)(C)C2)CCC(C(=O)O)C1(C)C. The molecule has 0 radical (unpaired) electrons. The van der Waals surface area contributed by atoms with Crippen molar-refractivity contribution in [3.8, 4) is 0 Å². The van der Waals surface area contributed by atoms with Crippen LogP contribution in [-0.2, 0) is 4.79 Å². The zero-order chi connectivity index (χ0) is 13.7. The summed E-state index contributed by atoms with van der Waals surface area (Å²) in [5.74, 6) is -0.351. The topological polar surface area (TPSA) is 40.5 Å². The van der Waals surface area contributed by atoms with Gasteiger partial charge in [-0.3, -0.25) is 9.69 Å². The van der Waals surface area contributed by atoms with Crippen molar-refractivity contribution in [3.63, 3.8) is 0 Å². The summed E-state index contributed by atoms with van der Waals surface area (Å²) in [6, 6.07) is 0.573. The summed E-state index contributed by atoms with van der Waals surface area (Å²) < 4.78 is 0. The second kappa shape index (κ2) is 4.22. The van der Waals surface area contributed by atoms with Crippen LogP contribution < -0.4 is 0 Å². The first-order chi connectivity index (χ1) is 8.15. The van der Waals surface area contributed by atoms with Crippen LogP contribution in [0.15, 0.2) is 0 Å². The van der Waals surface area contributed by atoms with Crippen molar-refractivity contribution in [3.05, 3.63) is 0 Å². The van der Waals surface area contributed by atoms with Gasteiger partial charge in [0.15, 0.2) is 0 Å². The number of carboxylic acid groups (broad SMARTS) is 1. The number of hydrogen-bond acceptors (Lipinski definition) is 2. The van der Waals surface area contributed by atoms with E-state index in [4.69, 9.17) is 0 Å². The van der Waals surface area contributed by atoms with Gasteiger partial charge in [0.2, 0.25) is 0 Å². The Bertz CT molecular complexity index is 340. The van der Waals surface area contributed by atoms with E-state index in [-0.39, 0.29) is 11.3 Å². The summed E-state index contributed by atoms with van der Waals surface area (Å²) in [7, 11) is 0. The molecular formula is C15H27NO2. The summed E-state index contributed by atoms with van der Waals surface area (Å²) in [5, 5.41) is 9.36. The molecule has 2 rings (SSSR count). The lowest BCUT2D eigenvalue weighted by molar-refractivity contribution is -0.154. The summed E-state index contributed by atoms with van der Waals surface area (Å²) in [6.07, 6.45) is 1.87. The summed E-state index contributed by atoms with van der Waals surface area (Å²) in [6.45, 7) is 13.4. The molecule has 1 aliphatic heterocycles. The van der Waals surface area contributed by atoms with E-state index in [2.05, 4.69) is 39.5 Å². The lowest BCUT2D eigenvalue weighted by Crippen LogP contribution is -2.62. The number of nitrogens with zero attached hydrogens (tertiary/aromatic N) is 1. The van der Waals surface area contributed by atoms with Gasteiger partial charge in [-0.25, -0.2) is 0 Å². The van der Waals surface area contributed by atoms with Crippen molar-refractivity contribution in [2.24, 2.45) is 22.7 Å². The Morgan fingerprint density at radius 1 is 1.17 bits per heavy atom. The third kappa shape index (κ3) is 2.18. The van der Waals surface area contributed by atoms with Crippen LogP contribution >= 0.6 is 0 Å². The average molecular weight is 253 g/mol. The molecule has 3 heteroatoms. The molecule has 3 atom stereocenters. The molecule has 0 amide bonds. The number of likely N-dealkylation sites (tertiary alicyclic amines) is 1. The fourth-order valence-corrected chi connectivity index (χ4v) is 4.00. The molecule has 0 aromatic heterocycles. The zero-order valence-electron chi connectivity index (χ0n) is 12.4. The maximum absolute atomic E-state index is 11.4. The maximum atomic E-state index is 11.4. The van der Waals surface area contributed by atoms with E-state index in [0.29, 0.717) is 17.4 Å². The minimum absolute atomic E-state index is 0.103. The van der Waals surface area contributed by atoms with Crippen molar-refractivity contribution >= 4 is 5.97 Å². The number of carboxylic acids is 1. The molecule has 2 fully saturated rings. The molecule has 104 valence electrons. The lowest BCUT2D eigenvalue weighted by atomic mass is 9.60. The molecule has 1 saturated heterocycles. The molecule has 0 aromatic carbocycles. The number of rotatable bonds is 2. The van der Waals surface area contributed by atoms with Crippen LogP contribution in [0.4, 0.5) is 0 Å². The minimum atomic E-state index is -0.616. The highest BCUT2D eigenvalue weighted by molar-refractivity contribution is 5.71. The van der Waals surface area contributed by atoms with Crippen molar-refractivity contribution in [1.29, 1.82) is 0 Å². The standard InChI is InChI=1S/C15H27NO2/c1-10-12(16-8-14(2,3)9-16)7-6-11(13(17)18)15(10,4)5/h10-12H,6-9H2,1-5H3,(H,17,18). The third-order valence-electron chi connectivity index (χ3n) is 5.43. The van der Waals surface area contributed by atoms with E-state index in [9.17, 15) is 9.90 Å². The van der Waals surface area contributed by atoms with E-state index in [1.807, 2.05) is 0 Å². The van der Waals surface area contributed by atoms with Crippen LogP contribution in [0.1, 0.15) is 47.5 Å². The van der Waals surface area contributed by atoms with Gasteiger partial charge in [0.25, 0.3) is 0 Å². The van der Waals surface area contributed by atoms with Gasteiger partial charge in [0.1, 0.15) is 0 Å². The van der Waals surface area contributed by atoms with Gasteiger partial charge < -0.3 is 5.11 Å². The van der Waals surface area contributed by atoms with Crippen molar-refractivity contribution in [1.82, 2.24) is 4.90 Å². The number of hydrogen-bond donors (Lipinski definition) is 1. The minimum Gasteiger partial charge on any atom is -0.481 e. The molecule has 1 N–H and O–H groups in total. The predicted octanol–water partition coefficient (Wildman–Crippen LogP) is 2.85. The first-order valence-corrected chi connectivity index (χ1v) is 7.12. The van der Waals surface area contributed by atoms with Crippen LogP contribution in [0, 0.1) is 22.7 Å². The van der Waals surface area contributed by atoms with Crippen LogP contribution in [0.5, 0.6) is 0 Å². The van der Waals surface area contributed by atoms with Crippen molar-refractivity contribution < 1.29 is 9.90 Å². The molecule has 1 aliphatic carbocycles. The highest BCUT2D eigenvalue weighted by atomic mass is 16.4. The molecule has 0 bridgehead atoms. The Labute approximate surface area is 111 Å². The van der Waals surface area contributed by atoms with Crippen LogP contribution in [0.3, 0.4) is 0 Å². The van der Waals surface area contributed by atoms with E-state index in [0.717, 1.165) is 25.9 Å². The van der Waals surface area contributed by atoms with Crippen LogP contribution in [-0.4, -0.2) is 35.1 Å². The van der Waals surface area contributed by atoms with Gasteiger partial charge in [-0.1, -0.05) is 34.6 Å². The summed E-state index contributed by atoms with van der Waals surface area (Å²) >= 11 is 0. The van der Waals surface area contributed by atoms with Gasteiger partial charge in [-0.15, -0.1) is 0 Å². The largest absolute Gasteiger partial charge is 0.481 e. The molecule has 2 aliphatic rings. The molecule has 0 spiro atoms. The molecule has 0 aromatic rings. The van der Waals surface area contributed by atoms with E-state index >= 15 is 0 Å². The molecule has 18 heavy (non-hydrogen) atoms. The van der Waals surface area contributed by atoms with Crippen molar-refractivity contribution in [2.75, 3.05) is 13.1 Å².